The van der Waals surface area contributed by atoms with E-state index in [1.165, 1.54) is 77.1 Å². The Morgan fingerprint density at radius 2 is 1.40 bits per heavy atom. The van der Waals surface area contributed by atoms with Gasteiger partial charge >= 0.3 is 0 Å². The molecular formula is C33H24N2. The molecule has 2 heteroatoms. The number of nitrogens with zero attached hydrogens (tertiary/aromatic N) is 1. The molecule has 0 unspecified atom stereocenters. The largest absolute Gasteiger partial charge is 0.355 e. The van der Waals surface area contributed by atoms with Crippen LogP contribution in [0.4, 0.5) is 0 Å². The Morgan fingerprint density at radius 3 is 2.37 bits per heavy atom. The smallest absolute Gasteiger partial charge is 0.0573 e. The van der Waals surface area contributed by atoms with Gasteiger partial charge in [0.05, 0.1) is 11.0 Å². The second-order valence-corrected chi connectivity index (χ2v) is 9.95. The minimum Gasteiger partial charge on any atom is -0.355 e. The van der Waals surface area contributed by atoms with E-state index in [4.69, 9.17) is 0 Å². The van der Waals surface area contributed by atoms with Gasteiger partial charge in [-0.3, -0.25) is 0 Å². The first-order valence-corrected chi connectivity index (χ1v) is 12.4. The molecule has 35 heavy (non-hydrogen) atoms. The summed E-state index contributed by atoms with van der Waals surface area (Å²) in [6.45, 7) is 2.19. The number of para-hydroxylation sites is 2. The van der Waals surface area contributed by atoms with E-state index in [0.29, 0.717) is 0 Å². The Bertz CT molecular complexity index is 1970. The molecule has 0 fully saturated rings. The van der Waals surface area contributed by atoms with Crippen molar-refractivity contribution in [1.29, 1.82) is 0 Å². The van der Waals surface area contributed by atoms with E-state index in [1.54, 1.807) is 0 Å². The van der Waals surface area contributed by atoms with Crippen molar-refractivity contribution in [3.8, 4) is 16.8 Å². The monoisotopic (exact) mass is 448 g/mol. The van der Waals surface area contributed by atoms with Crippen LogP contribution in [0.1, 0.15) is 16.7 Å². The highest BCUT2D eigenvalue weighted by Crippen LogP contribution is 2.41. The van der Waals surface area contributed by atoms with Gasteiger partial charge in [0.1, 0.15) is 0 Å². The fourth-order valence-electron chi connectivity index (χ4n) is 6.19. The third-order valence-corrected chi connectivity index (χ3v) is 7.83. The van der Waals surface area contributed by atoms with Crippen LogP contribution in [-0.2, 0) is 12.8 Å². The van der Waals surface area contributed by atoms with Gasteiger partial charge in [-0.05, 0) is 90.6 Å². The summed E-state index contributed by atoms with van der Waals surface area (Å²) in [6, 6.07) is 36.1. The second kappa shape index (κ2) is 6.86. The lowest BCUT2D eigenvalue weighted by molar-refractivity contribution is 0.975. The molecule has 0 saturated heterocycles. The van der Waals surface area contributed by atoms with Crippen LogP contribution < -0.4 is 0 Å². The van der Waals surface area contributed by atoms with Crippen molar-refractivity contribution in [3.63, 3.8) is 0 Å². The Balaban J connectivity index is 1.45. The van der Waals surface area contributed by atoms with Crippen LogP contribution in [0.5, 0.6) is 0 Å². The fourth-order valence-corrected chi connectivity index (χ4v) is 6.19. The molecule has 2 aromatic heterocycles. The maximum Gasteiger partial charge on any atom is 0.0573 e. The third kappa shape index (κ3) is 2.65. The predicted molar refractivity (Wildman–Crippen MR) is 148 cm³/mol. The first-order chi connectivity index (χ1) is 17.2. The number of hydrogen-bond acceptors (Lipinski definition) is 0. The molecule has 3 heterocycles. The van der Waals surface area contributed by atoms with Crippen LogP contribution in [0.25, 0.3) is 60.4 Å². The zero-order valence-electron chi connectivity index (χ0n) is 19.6. The zero-order valence-corrected chi connectivity index (χ0v) is 19.6. The number of nitrogens with one attached hydrogen (secondary N) is 1. The lowest BCUT2D eigenvalue weighted by Crippen LogP contribution is -1.96. The summed E-state index contributed by atoms with van der Waals surface area (Å²) in [7, 11) is 0. The van der Waals surface area contributed by atoms with Crippen molar-refractivity contribution in [1.82, 2.24) is 9.55 Å². The highest BCUT2D eigenvalue weighted by molar-refractivity contribution is 6.13. The molecule has 1 N–H and O–H groups in total. The molecule has 1 aliphatic rings. The Kier molecular flexibility index (Phi) is 3.74. The number of benzene rings is 5. The molecule has 0 atom stereocenters. The summed E-state index contributed by atoms with van der Waals surface area (Å²) < 4.78 is 2.51. The summed E-state index contributed by atoms with van der Waals surface area (Å²) in [5.41, 5.74) is 13.1. The van der Waals surface area contributed by atoms with Crippen molar-refractivity contribution in [3.05, 3.63) is 114 Å². The third-order valence-electron chi connectivity index (χ3n) is 7.83. The quantitative estimate of drug-likeness (QED) is 0.260. The molecule has 8 rings (SSSR count). The van der Waals surface area contributed by atoms with E-state index in [1.807, 2.05) is 0 Å². The van der Waals surface area contributed by atoms with Crippen molar-refractivity contribution >= 4 is 43.6 Å². The molecular weight excluding hydrogens is 424 g/mol. The summed E-state index contributed by atoms with van der Waals surface area (Å²) in [4.78, 5) is 3.57. The standard InChI is InChI=1S/C33H24N2/c1-20-10-15-32-27(16-20)28-19-24(17-23-12-11-21-6-2-5-9-31(21)35(32)33(23)28)22-13-14-30-26(18-22)25-7-3-4-8-29(25)34-30/h2-10,13-19,34H,11-12H2,1H3. The van der Waals surface area contributed by atoms with Crippen LogP contribution in [0.3, 0.4) is 0 Å². The number of rotatable bonds is 1. The molecule has 0 amide bonds. The zero-order chi connectivity index (χ0) is 23.1. The van der Waals surface area contributed by atoms with Crippen LogP contribution in [0.2, 0.25) is 0 Å². The minimum atomic E-state index is 1.05. The van der Waals surface area contributed by atoms with Gasteiger partial charge in [0.2, 0.25) is 0 Å². The number of aryl methyl sites for hydroxylation is 3. The van der Waals surface area contributed by atoms with Crippen molar-refractivity contribution in [2.45, 2.75) is 19.8 Å². The Morgan fingerprint density at radius 1 is 0.600 bits per heavy atom. The highest BCUT2D eigenvalue weighted by atomic mass is 15.0. The van der Waals surface area contributed by atoms with Gasteiger partial charge in [0, 0.05) is 38.3 Å². The molecule has 0 saturated carbocycles. The Labute approximate surface area is 203 Å². The second-order valence-electron chi connectivity index (χ2n) is 9.95. The van der Waals surface area contributed by atoms with Crippen molar-refractivity contribution < 1.29 is 0 Å². The van der Waals surface area contributed by atoms with Gasteiger partial charge in [-0.2, -0.15) is 0 Å². The van der Waals surface area contributed by atoms with Gasteiger partial charge in [-0.1, -0.05) is 54.1 Å². The van der Waals surface area contributed by atoms with Crippen molar-refractivity contribution in [2.24, 2.45) is 0 Å². The number of hydrogen-bond donors (Lipinski definition) is 1. The van der Waals surface area contributed by atoms with Crippen LogP contribution in [0.15, 0.2) is 97.1 Å². The first-order valence-electron chi connectivity index (χ1n) is 12.4. The first kappa shape index (κ1) is 19.1. The SMILES string of the molecule is Cc1ccc2c(c1)c1cc(-c3ccc4[nH]c5ccccc5c4c3)cc3c1n2-c1ccccc1CC3. The van der Waals surface area contributed by atoms with Crippen LogP contribution in [0, 0.1) is 6.92 Å². The summed E-state index contributed by atoms with van der Waals surface area (Å²) in [6.07, 6.45) is 2.11. The molecule has 1 aliphatic heterocycles. The number of fused-ring (bicyclic) bond motifs is 8. The van der Waals surface area contributed by atoms with Crippen LogP contribution >= 0.6 is 0 Å². The summed E-state index contributed by atoms with van der Waals surface area (Å²) >= 11 is 0. The number of aromatic nitrogens is 2. The molecule has 0 bridgehead atoms. The van der Waals surface area contributed by atoms with Gasteiger partial charge in [0.15, 0.2) is 0 Å². The minimum absolute atomic E-state index is 1.05. The molecule has 7 aromatic rings. The lowest BCUT2D eigenvalue weighted by Gasteiger charge is -2.11. The van der Waals surface area contributed by atoms with Crippen molar-refractivity contribution in [2.75, 3.05) is 0 Å². The molecule has 0 spiro atoms. The average Bonchev–Trinajstić information content (AvgIpc) is 3.36. The maximum atomic E-state index is 3.57. The van der Waals surface area contributed by atoms with Gasteiger partial charge < -0.3 is 9.55 Å². The van der Waals surface area contributed by atoms with E-state index in [2.05, 4.69) is 114 Å². The summed E-state index contributed by atoms with van der Waals surface area (Å²) in [5, 5.41) is 5.26. The number of aromatic amines is 1. The number of H-pyrrole nitrogens is 1. The van der Waals surface area contributed by atoms with Gasteiger partial charge in [-0.25, -0.2) is 0 Å². The predicted octanol–water partition coefficient (Wildman–Crippen LogP) is 8.49. The average molecular weight is 449 g/mol. The van der Waals surface area contributed by atoms with E-state index < -0.39 is 0 Å². The Hall–Kier alpha value is -4.30. The van der Waals surface area contributed by atoms with Gasteiger partial charge in [-0.15, -0.1) is 0 Å². The molecule has 166 valence electrons. The molecule has 0 aliphatic carbocycles. The maximum absolute atomic E-state index is 3.57. The molecule has 2 nitrogen and oxygen atoms in total. The van der Waals surface area contributed by atoms with E-state index in [0.717, 1.165) is 12.8 Å². The van der Waals surface area contributed by atoms with E-state index >= 15 is 0 Å². The highest BCUT2D eigenvalue weighted by Gasteiger charge is 2.21. The van der Waals surface area contributed by atoms with E-state index in [9.17, 15) is 0 Å². The molecule has 0 radical (unpaired) electrons. The van der Waals surface area contributed by atoms with Gasteiger partial charge in [0.25, 0.3) is 0 Å². The summed E-state index contributed by atoms with van der Waals surface area (Å²) in [5.74, 6) is 0. The normalized spacial score (nSPS) is 13.1. The molecule has 5 aromatic carbocycles. The lowest BCUT2D eigenvalue weighted by atomic mass is 9.95. The van der Waals surface area contributed by atoms with Crippen LogP contribution in [-0.4, -0.2) is 9.55 Å². The topological polar surface area (TPSA) is 20.7 Å². The van der Waals surface area contributed by atoms with E-state index in [-0.39, 0.29) is 0 Å². The fraction of sp³-hybridized carbons (Fsp3) is 0.0909.